The molecule has 3 heterocycles. The van der Waals surface area contributed by atoms with Crippen molar-refractivity contribution in [2.75, 3.05) is 11.9 Å². The summed E-state index contributed by atoms with van der Waals surface area (Å²) in [5.41, 5.74) is 2.88. The standard InChI is InChI=1S/C29H26ClN3O3/c1-17-14-20(30)16-21-25(17)31-28(36)29(21)24-23(22(32-29)15-19-10-6-3-7-11-19)26(34)33(27(24)35)13-12-18-8-4-2-5-9-18/h2-11,14,16,22-24,32H,12-13,15H2,1H3,(H,31,36)/t22-,23+,24-,29+/m0/s1. The van der Waals surface area contributed by atoms with E-state index in [0.717, 1.165) is 16.7 Å². The van der Waals surface area contributed by atoms with Gasteiger partial charge in [0.05, 0.1) is 11.8 Å². The second-order valence-electron chi connectivity index (χ2n) is 9.92. The van der Waals surface area contributed by atoms with Crippen LogP contribution in [0.1, 0.15) is 22.3 Å². The van der Waals surface area contributed by atoms with Gasteiger partial charge < -0.3 is 5.32 Å². The van der Waals surface area contributed by atoms with Gasteiger partial charge in [-0.25, -0.2) is 0 Å². The summed E-state index contributed by atoms with van der Waals surface area (Å²) in [6.45, 7) is 2.16. The maximum absolute atomic E-state index is 14.0. The zero-order valence-electron chi connectivity index (χ0n) is 19.8. The van der Waals surface area contributed by atoms with E-state index < -0.39 is 17.4 Å². The van der Waals surface area contributed by atoms with Crippen molar-refractivity contribution in [2.45, 2.75) is 31.3 Å². The van der Waals surface area contributed by atoms with E-state index in [1.807, 2.05) is 67.6 Å². The molecule has 6 rings (SSSR count). The number of imide groups is 1. The van der Waals surface area contributed by atoms with Gasteiger partial charge in [0, 0.05) is 28.9 Å². The summed E-state index contributed by atoms with van der Waals surface area (Å²) < 4.78 is 0. The van der Waals surface area contributed by atoms with Gasteiger partial charge >= 0.3 is 0 Å². The van der Waals surface area contributed by atoms with Gasteiger partial charge in [0.15, 0.2) is 0 Å². The predicted octanol–water partition coefficient (Wildman–Crippen LogP) is 3.85. The Hall–Kier alpha value is -3.48. The van der Waals surface area contributed by atoms with Gasteiger partial charge in [-0.3, -0.25) is 24.6 Å². The molecule has 0 radical (unpaired) electrons. The quantitative estimate of drug-likeness (QED) is 0.523. The summed E-state index contributed by atoms with van der Waals surface area (Å²) in [7, 11) is 0. The number of carbonyl (C=O) groups excluding carboxylic acids is 3. The van der Waals surface area contributed by atoms with E-state index in [0.29, 0.717) is 29.1 Å². The van der Waals surface area contributed by atoms with Crippen LogP contribution >= 0.6 is 11.6 Å². The molecule has 1 spiro atoms. The lowest BCUT2D eigenvalue weighted by atomic mass is 9.76. The van der Waals surface area contributed by atoms with Crippen LogP contribution in [0.25, 0.3) is 0 Å². The van der Waals surface area contributed by atoms with Crippen LogP contribution in [-0.4, -0.2) is 35.2 Å². The zero-order chi connectivity index (χ0) is 25.0. The summed E-state index contributed by atoms with van der Waals surface area (Å²) in [6, 6.07) is 22.8. The minimum absolute atomic E-state index is 0.216. The topological polar surface area (TPSA) is 78.5 Å². The van der Waals surface area contributed by atoms with Gasteiger partial charge in [-0.15, -0.1) is 0 Å². The molecule has 7 heteroatoms. The largest absolute Gasteiger partial charge is 0.324 e. The molecule has 182 valence electrons. The van der Waals surface area contributed by atoms with Crippen LogP contribution in [0.5, 0.6) is 0 Å². The number of halogens is 1. The molecular weight excluding hydrogens is 474 g/mol. The lowest BCUT2D eigenvalue weighted by molar-refractivity contribution is -0.142. The number of aryl methyl sites for hydroxylation is 1. The van der Waals surface area contributed by atoms with Crippen LogP contribution < -0.4 is 10.6 Å². The van der Waals surface area contributed by atoms with Crippen LogP contribution in [0, 0.1) is 18.8 Å². The minimum atomic E-state index is -1.34. The number of amides is 3. The third kappa shape index (κ3) is 3.39. The molecule has 3 aromatic carbocycles. The maximum Gasteiger partial charge on any atom is 0.250 e. The van der Waals surface area contributed by atoms with Crippen molar-refractivity contribution in [3.05, 3.63) is 100 Å². The number of carbonyl (C=O) groups is 3. The average Bonchev–Trinajstić information content (AvgIpc) is 3.44. The fourth-order valence-corrected chi connectivity index (χ4v) is 6.51. The highest BCUT2D eigenvalue weighted by molar-refractivity contribution is 6.31. The first kappa shape index (κ1) is 23.0. The molecule has 2 N–H and O–H groups in total. The average molecular weight is 500 g/mol. The SMILES string of the molecule is Cc1cc(Cl)cc2c1NC(=O)[C@@]21N[C@@H](Cc2ccccc2)[C@H]2C(=O)N(CCc3ccccc3)C(=O)[C@H]21. The van der Waals surface area contributed by atoms with E-state index in [1.165, 1.54) is 4.90 Å². The van der Waals surface area contributed by atoms with Crippen molar-refractivity contribution in [1.82, 2.24) is 10.2 Å². The Labute approximate surface area is 214 Å². The van der Waals surface area contributed by atoms with Gasteiger partial charge in [0.1, 0.15) is 5.54 Å². The van der Waals surface area contributed by atoms with Gasteiger partial charge in [-0.05, 0) is 48.6 Å². The lowest BCUT2D eigenvalue weighted by Crippen LogP contribution is -2.53. The molecule has 3 aliphatic heterocycles. The molecule has 3 aliphatic rings. The number of fused-ring (bicyclic) bond motifs is 4. The Morgan fingerprint density at radius 2 is 1.58 bits per heavy atom. The Morgan fingerprint density at radius 3 is 2.28 bits per heavy atom. The molecule has 6 nitrogen and oxygen atoms in total. The fourth-order valence-electron chi connectivity index (χ4n) is 6.24. The highest BCUT2D eigenvalue weighted by Gasteiger charge is 2.70. The highest BCUT2D eigenvalue weighted by atomic mass is 35.5. The number of hydrogen-bond donors (Lipinski definition) is 2. The van der Waals surface area contributed by atoms with Crippen molar-refractivity contribution in [3.63, 3.8) is 0 Å². The number of nitrogens with one attached hydrogen (secondary N) is 2. The summed E-state index contributed by atoms with van der Waals surface area (Å²) >= 11 is 6.43. The Kier molecular flexibility index (Phi) is 5.47. The van der Waals surface area contributed by atoms with E-state index in [2.05, 4.69) is 10.6 Å². The summed E-state index contributed by atoms with van der Waals surface area (Å²) in [6.07, 6.45) is 1.09. The summed E-state index contributed by atoms with van der Waals surface area (Å²) in [4.78, 5) is 42.8. The van der Waals surface area contributed by atoms with Gasteiger partial charge in [0.25, 0.3) is 0 Å². The summed E-state index contributed by atoms with van der Waals surface area (Å²) in [5, 5.41) is 6.97. The zero-order valence-corrected chi connectivity index (χ0v) is 20.6. The number of hydrogen-bond acceptors (Lipinski definition) is 4. The molecule has 0 unspecified atom stereocenters. The Morgan fingerprint density at radius 1 is 0.917 bits per heavy atom. The number of benzene rings is 3. The summed E-state index contributed by atoms with van der Waals surface area (Å²) in [5.74, 6) is -2.31. The molecule has 0 saturated carbocycles. The molecule has 36 heavy (non-hydrogen) atoms. The molecule has 2 saturated heterocycles. The van der Waals surface area contributed by atoms with Crippen molar-refractivity contribution in [2.24, 2.45) is 11.8 Å². The minimum Gasteiger partial charge on any atom is -0.324 e. The Balaban J connectivity index is 1.42. The van der Waals surface area contributed by atoms with E-state index in [9.17, 15) is 14.4 Å². The molecule has 4 atom stereocenters. The predicted molar refractivity (Wildman–Crippen MR) is 137 cm³/mol. The highest BCUT2D eigenvalue weighted by Crippen LogP contribution is 2.54. The number of nitrogens with zero attached hydrogens (tertiary/aromatic N) is 1. The first-order valence-corrected chi connectivity index (χ1v) is 12.6. The monoisotopic (exact) mass is 499 g/mol. The molecule has 3 aromatic rings. The molecule has 0 bridgehead atoms. The second-order valence-corrected chi connectivity index (χ2v) is 10.4. The second kappa shape index (κ2) is 8.57. The third-order valence-electron chi connectivity index (χ3n) is 7.84. The first-order valence-electron chi connectivity index (χ1n) is 12.2. The number of anilines is 1. The van der Waals surface area contributed by atoms with E-state index in [-0.39, 0.29) is 30.3 Å². The molecule has 3 amide bonds. The van der Waals surface area contributed by atoms with Crippen LogP contribution in [-0.2, 0) is 32.8 Å². The lowest BCUT2D eigenvalue weighted by Gasteiger charge is -2.29. The van der Waals surface area contributed by atoms with Crippen molar-refractivity contribution in [1.29, 1.82) is 0 Å². The third-order valence-corrected chi connectivity index (χ3v) is 8.06. The van der Waals surface area contributed by atoms with Crippen molar-refractivity contribution in [3.8, 4) is 0 Å². The smallest absolute Gasteiger partial charge is 0.250 e. The van der Waals surface area contributed by atoms with Crippen molar-refractivity contribution < 1.29 is 14.4 Å². The van der Waals surface area contributed by atoms with Gasteiger partial charge in [-0.2, -0.15) is 0 Å². The van der Waals surface area contributed by atoms with Crippen LogP contribution in [0.2, 0.25) is 5.02 Å². The molecule has 2 fully saturated rings. The van der Waals surface area contributed by atoms with E-state index in [1.54, 1.807) is 12.1 Å². The van der Waals surface area contributed by atoms with Crippen LogP contribution in [0.3, 0.4) is 0 Å². The van der Waals surface area contributed by atoms with E-state index in [4.69, 9.17) is 11.6 Å². The first-order chi connectivity index (χ1) is 17.4. The molecular formula is C29H26ClN3O3. The van der Waals surface area contributed by atoms with Gasteiger partial charge in [-0.1, -0.05) is 72.3 Å². The van der Waals surface area contributed by atoms with Crippen LogP contribution in [0.15, 0.2) is 72.8 Å². The van der Waals surface area contributed by atoms with Crippen LogP contribution in [0.4, 0.5) is 5.69 Å². The fraction of sp³-hybridized carbons (Fsp3) is 0.276. The van der Waals surface area contributed by atoms with Crippen molar-refractivity contribution >= 4 is 35.0 Å². The number of likely N-dealkylation sites (tertiary alicyclic amines) is 1. The maximum atomic E-state index is 14.0. The number of rotatable bonds is 5. The molecule has 0 aromatic heterocycles. The normalized spacial score (nSPS) is 26.4. The van der Waals surface area contributed by atoms with Gasteiger partial charge in [0.2, 0.25) is 17.7 Å². The molecule has 0 aliphatic carbocycles. The van der Waals surface area contributed by atoms with E-state index >= 15 is 0 Å². The Bertz CT molecular complexity index is 1380.